The Bertz CT molecular complexity index is 368. The lowest BCUT2D eigenvalue weighted by atomic mass is 10.2. The molecule has 0 bridgehead atoms. The molecule has 0 amide bonds. The van der Waals surface area contributed by atoms with Crippen LogP contribution in [0.3, 0.4) is 0 Å². The highest BCUT2D eigenvalue weighted by Crippen LogP contribution is 2.16. The van der Waals surface area contributed by atoms with Crippen molar-refractivity contribution in [1.82, 2.24) is 4.90 Å². The molecule has 0 aromatic heterocycles. The molecular weight excluding hydrogens is 216 g/mol. The van der Waals surface area contributed by atoms with Gasteiger partial charge >= 0.3 is 0 Å². The molecule has 17 heavy (non-hydrogen) atoms. The van der Waals surface area contributed by atoms with Gasteiger partial charge in [0.15, 0.2) is 0 Å². The van der Waals surface area contributed by atoms with Crippen LogP contribution in [0.4, 0.5) is 5.69 Å². The zero-order valence-corrected chi connectivity index (χ0v) is 9.97. The molecule has 0 spiro atoms. The molecule has 0 aliphatic carbocycles. The van der Waals surface area contributed by atoms with Crippen molar-refractivity contribution in [3.05, 3.63) is 39.9 Å². The van der Waals surface area contributed by atoms with Crippen LogP contribution in [0.5, 0.6) is 0 Å². The first-order valence-corrected chi connectivity index (χ1v) is 6.21. The van der Waals surface area contributed by atoms with Crippen LogP contribution in [0.1, 0.15) is 31.2 Å². The molecule has 1 fully saturated rings. The van der Waals surface area contributed by atoms with Crippen LogP contribution in [0.15, 0.2) is 24.3 Å². The van der Waals surface area contributed by atoms with E-state index in [4.69, 9.17) is 0 Å². The molecule has 1 aliphatic heterocycles. The second-order valence-corrected chi connectivity index (χ2v) is 4.61. The van der Waals surface area contributed by atoms with E-state index in [1.165, 1.54) is 25.7 Å². The van der Waals surface area contributed by atoms with Crippen molar-refractivity contribution in [2.45, 2.75) is 32.2 Å². The highest BCUT2D eigenvalue weighted by molar-refractivity contribution is 5.32. The first-order valence-electron chi connectivity index (χ1n) is 6.21. The van der Waals surface area contributed by atoms with Gasteiger partial charge in [-0.3, -0.25) is 15.0 Å². The summed E-state index contributed by atoms with van der Waals surface area (Å²) in [5.74, 6) is 0. The summed E-state index contributed by atoms with van der Waals surface area (Å²) < 4.78 is 0. The SMILES string of the molecule is O=[N+]([O-])c1ccc(CN2CCCCCC2)cc1. The Labute approximate surface area is 101 Å². The van der Waals surface area contributed by atoms with Crippen LogP contribution in [0.2, 0.25) is 0 Å². The summed E-state index contributed by atoms with van der Waals surface area (Å²) >= 11 is 0. The first-order chi connectivity index (χ1) is 8.25. The first kappa shape index (κ1) is 12.0. The molecule has 1 saturated heterocycles. The van der Waals surface area contributed by atoms with Crippen molar-refractivity contribution in [1.29, 1.82) is 0 Å². The third-order valence-electron chi connectivity index (χ3n) is 3.25. The van der Waals surface area contributed by atoms with E-state index >= 15 is 0 Å². The second-order valence-electron chi connectivity index (χ2n) is 4.61. The van der Waals surface area contributed by atoms with E-state index < -0.39 is 0 Å². The van der Waals surface area contributed by atoms with Gasteiger partial charge in [0, 0.05) is 18.7 Å². The molecule has 0 N–H and O–H groups in total. The fraction of sp³-hybridized carbons (Fsp3) is 0.538. The van der Waals surface area contributed by atoms with E-state index in [0.29, 0.717) is 0 Å². The molecule has 1 aromatic carbocycles. The van der Waals surface area contributed by atoms with E-state index in [0.717, 1.165) is 25.2 Å². The minimum Gasteiger partial charge on any atom is -0.299 e. The van der Waals surface area contributed by atoms with Crippen molar-refractivity contribution in [3.63, 3.8) is 0 Å². The molecular formula is C13H18N2O2. The lowest BCUT2D eigenvalue weighted by Crippen LogP contribution is -2.23. The fourth-order valence-corrected chi connectivity index (χ4v) is 2.28. The normalized spacial score (nSPS) is 17.6. The van der Waals surface area contributed by atoms with Crippen LogP contribution >= 0.6 is 0 Å². The molecule has 0 saturated carbocycles. The Morgan fingerprint density at radius 1 is 1.06 bits per heavy atom. The number of nitro groups is 1. The minimum atomic E-state index is -0.351. The van der Waals surface area contributed by atoms with Crippen LogP contribution in [-0.4, -0.2) is 22.9 Å². The van der Waals surface area contributed by atoms with Gasteiger partial charge in [0.1, 0.15) is 0 Å². The average molecular weight is 234 g/mol. The van der Waals surface area contributed by atoms with Gasteiger partial charge in [0.05, 0.1) is 4.92 Å². The molecule has 0 atom stereocenters. The van der Waals surface area contributed by atoms with Crippen LogP contribution < -0.4 is 0 Å². The van der Waals surface area contributed by atoms with Crippen LogP contribution in [0.25, 0.3) is 0 Å². The number of non-ortho nitro benzene ring substituents is 1. The van der Waals surface area contributed by atoms with Gasteiger partial charge in [-0.2, -0.15) is 0 Å². The predicted octanol–water partition coefficient (Wildman–Crippen LogP) is 2.97. The third-order valence-corrected chi connectivity index (χ3v) is 3.25. The average Bonchev–Trinajstić information content (AvgIpc) is 2.58. The maximum Gasteiger partial charge on any atom is 0.269 e. The zero-order valence-electron chi connectivity index (χ0n) is 9.97. The molecule has 1 aromatic rings. The van der Waals surface area contributed by atoms with Crippen molar-refractivity contribution < 1.29 is 4.92 Å². The Morgan fingerprint density at radius 2 is 1.65 bits per heavy atom. The maximum absolute atomic E-state index is 10.5. The fourth-order valence-electron chi connectivity index (χ4n) is 2.28. The molecule has 1 heterocycles. The molecule has 0 radical (unpaired) electrons. The molecule has 92 valence electrons. The number of nitrogens with zero attached hydrogens (tertiary/aromatic N) is 2. The molecule has 4 heteroatoms. The number of rotatable bonds is 3. The predicted molar refractivity (Wildman–Crippen MR) is 66.8 cm³/mol. The Morgan fingerprint density at radius 3 is 2.18 bits per heavy atom. The summed E-state index contributed by atoms with van der Waals surface area (Å²) in [6, 6.07) is 6.91. The largest absolute Gasteiger partial charge is 0.299 e. The minimum absolute atomic E-state index is 0.171. The van der Waals surface area contributed by atoms with Crippen molar-refractivity contribution >= 4 is 5.69 Å². The van der Waals surface area contributed by atoms with Crippen molar-refractivity contribution in [2.24, 2.45) is 0 Å². The summed E-state index contributed by atoms with van der Waals surface area (Å²) in [7, 11) is 0. The van der Waals surface area contributed by atoms with E-state index in [9.17, 15) is 10.1 Å². The number of nitro benzene ring substituents is 1. The lowest BCUT2D eigenvalue weighted by molar-refractivity contribution is -0.384. The van der Waals surface area contributed by atoms with E-state index in [2.05, 4.69) is 4.90 Å². The van der Waals surface area contributed by atoms with E-state index in [1.54, 1.807) is 12.1 Å². The van der Waals surface area contributed by atoms with Crippen LogP contribution in [0, 0.1) is 10.1 Å². The number of hydrogen-bond donors (Lipinski definition) is 0. The smallest absolute Gasteiger partial charge is 0.269 e. The monoisotopic (exact) mass is 234 g/mol. The van der Waals surface area contributed by atoms with Gasteiger partial charge in [-0.25, -0.2) is 0 Å². The summed E-state index contributed by atoms with van der Waals surface area (Å²) in [4.78, 5) is 12.6. The Kier molecular flexibility index (Phi) is 4.09. The van der Waals surface area contributed by atoms with Crippen molar-refractivity contribution in [3.8, 4) is 0 Å². The van der Waals surface area contributed by atoms with Gasteiger partial charge in [-0.05, 0) is 31.5 Å². The van der Waals surface area contributed by atoms with Gasteiger partial charge in [0.25, 0.3) is 5.69 Å². The number of likely N-dealkylation sites (tertiary alicyclic amines) is 1. The summed E-state index contributed by atoms with van der Waals surface area (Å²) in [6.45, 7) is 3.21. The summed E-state index contributed by atoms with van der Waals surface area (Å²) in [5.41, 5.74) is 1.34. The number of benzene rings is 1. The van der Waals surface area contributed by atoms with E-state index in [-0.39, 0.29) is 10.6 Å². The highest BCUT2D eigenvalue weighted by atomic mass is 16.6. The lowest BCUT2D eigenvalue weighted by Gasteiger charge is -2.19. The Hall–Kier alpha value is -1.42. The number of hydrogen-bond acceptors (Lipinski definition) is 3. The topological polar surface area (TPSA) is 46.4 Å². The van der Waals surface area contributed by atoms with Gasteiger partial charge < -0.3 is 0 Å². The second kappa shape index (κ2) is 5.77. The molecule has 0 unspecified atom stereocenters. The Balaban J connectivity index is 1.95. The van der Waals surface area contributed by atoms with Gasteiger partial charge in [0.2, 0.25) is 0 Å². The quantitative estimate of drug-likeness (QED) is 0.596. The van der Waals surface area contributed by atoms with Gasteiger partial charge in [-0.1, -0.05) is 25.0 Å². The van der Waals surface area contributed by atoms with Crippen molar-refractivity contribution in [2.75, 3.05) is 13.1 Å². The standard InChI is InChI=1S/C13H18N2O2/c16-15(17)13-7-5-12(6-8-13)11-14-9-3-1-2-4-10-14/h5-8H,1-4,9-11H2. The molecule has 2 rings (SSSR count). The van der Waals surface area contributed by atoms with Gasteiger partial charge in [-0.15, -0.1) is 0 Å². The zero-order chi connectivity index (χ0) is 12.1. The molecule has 4 nitrogen and oxygen atoms in total. The van der Waals surface area contributed by atoms with Crippen LogP contribution in [-0.2, 0) is 6.54 Å². The highest BCUT2D eigenvalue weighted by Gasteiger charge is 2.10. The summed E-state index contributed by atoms with van der Waals surface area (Å²) in [6.07, 6.45) is 5.20. The maximum atomic E-state index is 10.5. The molecule has 1 aliphatic rings. The third kappa shape index (κ3) is 3.53. The van der Waals surface area contributed by atoms with E-state index in [1.807, 2.05) is 12.1 Å². The summed E-state index contributed by atoms with van der Waals surface area (Å²) in [5, 5.41) is 10.5.